The van der Waals surface area contributed by atoms with Crippen molar-refractivity contribution in [3.8, 4) is 0 Å². The summed E-state index contributed by atoms with van der Waals surface area (Å²) in [5.74, 6) is -0.831. The van der Waals surface area contributed by atoms with Gasteiger partial charge in [-0.3, -0.25) is 9.52 Å². The lowest BCUT2D eigenvalue weighted by Crippen LogP contribution is -2.47. The van der Waals surface area contributed by atoms with Gasteiger partial charge in [-0.05, 0) is 55.3 Å². The lowest BCUT2D eigenvalue weighted by atomic mass is 9.99. The number of rotatable bonds is 7. The summed E-state index contributed by atoms with van der Waals surface area (Å²) in [7, 11) is -4.60. The van der Waals surface area contributed by atoms with Crippen molar-refractivity contribution >= 4 is 60.7 Å². The summed E-state index contributed by atoms with van der Waals surface area (Å²) in [4.78, 5) is 12.7. The number of nitrogens with one attached hydrogen (secondary N) is 2. The minimum absolute atomic E-state index is 0.0162. The van der Waals surface area contributed by atoms with Crippen LogP contribution in [-0.2, 0) is 25.0 Å². The maximum absolute atomic E-state index is 12.7. The standard InChI is InChI=1S/C20H24Cl2N4O5S2/c1-25(2)33(30,31)26-9-3-4-14(13-26)20(27)23-17-5-7-19(8-6-17)32(28,29)24-18-11-15(21)10-16(22)12-18/h5-8,10-12,14,24H,3-4,9,13H2,1-2H3,(H,23,27)/t14-/m1/s1. The zero-order chi connectivity index (χ0) is 24.4. The molecule has 9 nitrogen and oxygen atoms in total. The molecule has 2 N–H and O–H groups in total. The molecule has 0 aromatic heterocycles. The van der Waals surface area contributed by atoms with Crippen LogP contribution in [-0.4, -0.2) is 58.5 Å². The molecule has 1 amide bonds. The molecule has 0 unspecified atom stereocenters. The van der Waals surface area contributed by atoms with Crippen molar-refractivity contribution < 1.29 is 21.6 Å². The third kappa shape index (κ3) is 6.37. The number of hydrogen-bond acceptors (Lipinski definition) is 5. The van der Waals surface area contributed by atoms with Crippen molar-refractivity contribution in [2.75, 3.05) is 37.2 Å². The number of benzene rings is 2. The van der Waals surface area contributed by atoms with Gasteiger partial charge >= 0.3 is 0 Å². The van der Waals surface area contributed by atoms with Gasteiger partial charge in [-0.1, -0.05) is 23.2 Å². The lowest BCUT2D eigenvalue weighted by Gasteiger charge is -2.32. The monoisotopic (exact) mass is 534 g/mol. The Morgan fingerprint density at radius 1 is 1.00 bits per heavy atom. The van der Waals surface area contributed by atoms with Crippen LogP contribution in [0.1, 0.15) is 12.8 Å². The first-order valence-corrected chi connectivity index (χ1v) is 13.6. The largest absolute Gasteiger partial charge is 0.326 e. The van der Waals surface area contributed by atoms with Crippen LogP contribution in [0.25, 0.3) is 0 Å². The average molecular weight is 535 g/mol. The van der Waals surface area contributed by atoms with E-state index in [4.69, 9.17) is 23.2 Å². The fourth-order valence-electron chi connectivity index (χ4n) is 3.39. The summed E-state index contributed by atoms with van der Waals surface area (Å²) in [6.07, 6.45) is 1.13. The summed E-state index contributed by atoms with van der Waals surface area (Å²) in [5.41, 5.74) is 0.622. The van der Waals surface area contributed by atoms with E-state index in [0.717, 1.165) is 4.31 Å². The Balaban J connectivity index is 1.67. The Bertz CT molecular complexity index is 1220. The van der Waals surface area contributed by atoms with Gasteiger partial charge in [0.25, 0.3) is 20.2 Å². The van der Waals surface area contributed by atoms with Gasteiger partial charge in [0, 0.05) is 42.9 Å². The van der Waals surface area contributed by atoms with Crippen LogP contribution in [0.3, 0.4) is 0 Å². The molecular weight excluding hydrogens is 511 g/mol. The molecule has 2 aromatic rings. The molecule has 180 valence electrons. The second-order valence-corrected chi connectivity index (χ2v) is 12.5. The van der Waals surface area contributed by atoms with Crippen molar-refractivity contribution in [1.82, 2.24) is 8.61 Å². The Labute approximate surface area is 203 Å². The Kier molecular flexibility index (Phi) is 7.92. The van der Waals surface area contributed by atoms with E-state index in [2.05, 4.69) is 10.0 Å². The van der Waals surface area contributed by atoms with E-state index < -0.39 is 26.2 Å². The number of hydrogen-bond donors (Lipinski definition) is 2. The van der Waals surface area contributed by atoms with Gasteiger partial charge in [0.2, 0.25) is 5.91 Å². The predicted octanol–water partition coefficient (Wildman–Crippen LogP) is 3.25. The Morgan fingerprint density at radius 2 is 1.61 bits per heavy atom. The fourth-order valence-corrected chi connectivity index (χ4v) is 6.14. The molecular formula is C20H24Cl2N4O5S2. The highest BCUT2D eigenvalue weighted by atomic mass is 35.5. The van der Waals surface area contributed by atoms with Gasteiger partial charge in [-0.25, -0.2) is 8.42 Å². The van der Waals surface area contributed by atoms with E-state index in [1.807, 2.05) is 0 Å². The number of carbonyl (C=O) groups excluding carboxylic acids is 1. The van der Waals surface area contributed by atoms with Crippen LogP contribution in [0.4, 0.5) is 11.4 Å². The highest BCUT2D eigenvalue weighted by molar-refractivity contribution is 7.92. The number of piperidine rings is 1. The molecule has 2 aromatic carbocycles. The Hall–Kier alpha value is -1.89. The highest BCUT2D eigenvalue weighted by Crippen LogP contribution is 2.26. The van der Waals surface area contributed by atoms with Crippen molar-refractivity contribution in [2.45, 2.75) is 17.7 Å². The summed E-state index contributed by atoms with van der Waals surface area (Å²) >= 11 is 11.8. The molecule has 0 spiro atoms. The number of nitrogens with zero attached hydrogens (tertiary/aromatic N) is 2. The van der Waals surface area contributed by atoms with Gasteiger partial charge in [0.1, 0.15) is 0 Å². The smallest absolute Gasteiger partial charge is 0.281 e. The molecule has 1 aliphatic heterocycles. The molecule has 1 saturated heterocycles. The first kappa shape index (κ1) is 25.7. The molecule has 0 saturated carbocycles. The van der Waals surface area contributed by atoms with Crippen LogP contribution in [0.5, 0.6) is 0 Å². The zero-order valence-electron chi connectivity index (χ0n) is 18.0. The van der Waals surface area contributed by atoms with Crippen LogP contribution in [0.2, 0.25) is 10.0 Å². The molecule has 0 radical (unpaired) electrons. The third-order valence-corrected chi connectivity index (χ3v) is 8.83. The van der Waals surface area contributed by atoms with Gasteiger partial charge in [-0.15, -0.1) is 0 Å². The first-order valence-electron chi connectivity index (χ1n) is 9.96. The van der Waals surface area contributed by atoms with E-state index in [0.29, 0.717) is 25.1 Å². The van der Waals surface area contributed by atoms with Gasteiger partial charge in [-0.2, -0.15) is 17.0 Å². The van der Waals surface area contributed by atoms with Crippen molar-refractivity contribution in [3.05, 3.63) is 52.5 Å². The minimum Gasteiger partial charge on any atom is -0.326 e. The van der Waals surface area contributed by atoms with Gasteiger partial charge in [0.05, 0.1) is 16.5 Å². The second-order valence-electron chi connectivity index (χ2n) is 7.76. The average Bonchev–Trinajstić information content (AvgIpc) is 2.73. The Morgan fingerprint density at radius 3 is 2.18 bits per heavy atom. The van der Waals surface area contributed by atoms with Gasteiger partial charge < -0.3 is 5.32 Å². The van der Waals surface area contributed by atoms with Gasteiger partial charge in [0.15, 0.2) is 0 Å². The van der Waals surface area contributed by atoms with E-state index >= 15 is 0 Å². The summed E-state index contributed by atoms with van der Waals surface area (Å²) < 4.78 is 54.8. The van der Waals surface area contributed by atoms with E-state index in [1.165, 1.54) is 60.9 Å². The van der Waals surface area contributed by atoms with Crippen molar-refractivity contribution in [2.24, 2.45) is 5.92 Å². The molecule has 33 heavy (non-hydrogen) atoms. The molecule has 1 fully saturated rings. The molecule has 1 heterocycles. The normalized spacial score (nSPS) is 17.7. The predicted molar refractivity (Wildman–Crippen MR) is 129 cm³/mol. The van der Waals surface area contributed by atoms with Crippen LogP contribution in [0.15, 0.2) is 47.4 Å². The first-order chi connectivity index (χ1) is 15.4. The second kappa shape index (κ2) is 10.2. The van der Waals surface area contributed by atoms with Crippen LogP contribution in [0, 0.1) is 5.92 Å². The van der Waals surface area contributed by atoms with E-state index in [9.17, 15) is 21.6 Å². The molecule has 3 rings (SSSR count). The van der Waals surface area contributed by atoms with Crippen LogP contribution < -0.4 is 10.0 Å². The summed E-state index contributed by atoms with van der Waals surface area (Å²) in [6.45, 7) is 0.451. The summed E-state index contributed by atoms with van der Waals surface area (Å²) in [5, 5.41) is 3.31. The molecule has 0 aliphatic carbocycles. The van der Waals surface area contributed by atoms with Crippen molar-refractivity contribution in [3.63, 3.8) is 0 Å². The number of amides is 1. The molecule has 0 bridgehead atoms. The third-order valence-electron chi connectivity index (χ3n) is 5.09. The fraction of sp³-hybridized carbons (Fsp3) is 0.350. The summed E-state index contributed by atoms with van der Waals surface area (Å²) in [6, 6.07) is 10.00. The number of sulfonamides is 1. The maximum Gasteiger partial charge on any atom is 0.281 e. The maximum atomic E-state index is 12.7. The SMILES string of the molecule is CN(C)S(=O)(=O)N1CCC[C@@H](C(=O)Nc2ccc(S(=O)(=O)Nc3cc(Cl)cc(Cl)c3)cc2)C1. The van der Waals surface area contributed by atoms with E-state index in [-0.39, 0.29) is 33.1 Å². The highest BCUT2D eigenvalue weighted by Gasteiger charge is 2.33. The number of carbonyl (C=O) groups is 1. The number of anilines is 2. The zero-order valence-corrected chi connectivity index (χ0v) is 21.1. The molecule has 13 heteroatoms. The molecule has 1 atom stereocenters. The van der Waals surface area contributed by atoms with E-state index in [1.54, 1.807) is 0 Å². The van der Waals surface area contributed by atoms with Crippen molar-refractivity contribution in [1.29, 1.82) is 0 Å². The minimum atomic E-state index is -3.90. The lowest BCUT2D eigenvalue weighted by molar-refractivity contribution is -0.120. The molecule has 1 aliphatic rings. The van der Waals surface area contributed by atoms with Crippen LogP contribution >= 0.6 is 23.2 Å². The number of halogens is 2. The quantitative estimate of drug-likeness (QED) is 0.565. The topological polar surface area (TPSA) is 116 Å².